The highest BCUT2D eigenvalue weighted by atomic mass is 79.9. The van der Waals surface area contributed by atoms with Crippen LogP contribution in [0, 0.1) is 6.92 Å². The fourth-order valence-electron chi connectivity index (χ4n) is 1.48. The lowest BCUT2D eigenvalue weighted by atomic mass is 10.1. The first-order valence-corrected chi connectivity index (χ1v) is 7.12. The number of alkyl halides is 1. The van der Waals surface area contributed by atoms with E-state index >= 15 is 0 Å². The second-order valence-corrected chi connectivity index (χ2v) is 6.02. The minimum Gasteiger partial charge on any atom is -0.265 e. The molecule has 4 heteroatoms. The number of aromatic nitrogens is 1. The van der Waals surface area contributed by atoms with E-state index < -0.39 is 0 Å². The van der Waals surface area contributed by atoms with Crippen LogP contribution in [-0.4, -0.2) is 4.98 Å². The molecule has 1 nitrogen and oxygen atoms in total. The van der Waals surface area contributed by atoms with Gasteiger partial charge in [0.1, 0.15) is 0 Å². The lowest BCUT2D eigenvalue weighted by Gasteiger charge is -2.08. The van der Waals surface area contributed by atoms with Gasteiger partial charge in [-0.1, -0.05) is 27.5 Å². The van der Waals surface area contributed by atoms with Crippen LogP contribution in [0.1, 0.15) is 20.8 Å². The molecule has 0 amide bonds. The monoisotopic (exact) mass is 315 g/mol. The summed E-state index contributed by atoms with van der Waals surface area (Å²) in [5.41, 5.74) is 2.42. The topological polar surface area (TPSA) is 12.9 Å². The molecule has 1 unspecified atom stereocenters. The van der Waals surface area contributed by atoms with Gasteiger partial charge in [0, 0.05) is 17.3 Å². The first-order valence-electron chi connectivity index (χ1n) is 4.95. The summed E-state index contributed by atoms with van der Waals surface area (Å²) in [7, 11) is 0. The van der Waals surface area contributed by atoms with E-state index in [1.807, 2.05) is 31.5 Å². The summed E-state index contributed by atoms with van der Waals surface area (Å²) >= 11 is 11.6. The van der Waals surface area contributed by atoms with Gasteiger partial charge in [-0.15, -0.1) is 11.3 Å². The van der Waals surface area contributed by atoms with Crippen LogP contribution in [-0.2, 0) is 6.42 Å². The fraction of sp³-hybridized carbons (Fsp3) is 0.250. The highest BCUT2D eigenvalue weighted by Crippen LogP contribution is 2.38. The number of thiophene rings is 1. The van der Waals surface area contributed by atoms with E-state index in [0.717, 1.165) is 17.0 Å². The molecule has 0 aromatic carbocycles. The average molecular weight is 317 g/mol. The van der Waals surface area contributed by atoms with Gasteiger partial charge in [0.2, 0.25) is 0 Å². The number of hydrogen-bond donors (Lipinski definition) is 0. The largest absolute Gasteiger partial charge is 0.265 e. The predicted octanol–water partition coefficient (Wildman–Crippen LogP) is 4.78. The summed E-state index contributed by atoms with van der Waals surface area (Å²) in [5, 5.41) is 2.99. The van der Waals surface area contributed by atoms with E-state index in [9.17, 15) is 0 Å². The van der Waals surface area contributed by atoms with E-state index in [-0.39, 0.29) is 4.83 Å². The fourth-order valence-corrected chi connectivity index (χ4v) is 3.84. The lowest BCUT2D eigenvalue weighted by Crippen LogP contribution is -1.93. The molecule has 0 aliphatic rings. The molecule has 2 rings (SSSR count). The Kier molecular flexibility index (Phi) is 4.00. The molecule has 0 aliphatic carbocycles. The van der Waals surface area contributed by atoms with Gasteiger partial charge in [-0.3, -0.25) is 4.98 Å². The molecule has 0 N–H and O–H groups in total. The normalized spacial score (nSPS) is 12.7. The molecule has 0 radical (unpaired) electrons. The first-order chi connectivity index (χ1) is 7.68. The van der Waals surface area contributed by atoms with Crippen molar-refractivity contribution in [1.82, 2.24) is 4.98 Å². The molecule has 0 spiro atoms. The third kappa shape index (κ3) is 2.65. The summed E-state index contributed by atoms with van der Waals surface area (Å²) in [6.45, 7) is 2.04. The standard InChI is InChI=1S/C12H11BrClNS/c1-8-7-16-12(11(8)14)10(13)6-9-2-4-15-5-3-9/h2-5,7,10H,6H2,1H3. The third-order valence-corrected chi connectivity index (χ3v) is 5.29. The number of rotatable bonds is 3. The van der Waals surface area contributed by atoms with Crippen LogP contribution >= 0.6 is 38.9 Å². The number of nitrogens with zero attached hydrogens (tertiary/aromatic N) is 1. The Labute approximate surface area is 113 Å². The number of halogens is 2. The Hall–Kier alpha value is -0.380. The van der Waals surface area contributed by atoms with Crippen molar-refractivity contribution in [2.24, 2.45) is 0 Å². The Morgan fingerprint density at radius 2 is 2.12 bits per heavy atom. The summed E-state index contributed by atoms with van der Waals surface area (Å²) < 4.78 is 0. The summed E-state index contributed by atoms with van der Waals surface area (Å²) in [6, 6.07) is 4.06. The first kappa shape index (κ1) is 12.1. The molecule has 0 saturated carbocycles. The smallest absolute Gasteiger partial charge is 0.0585 e. The molecular formula is C12H11BrClNS. The molecule has 2 heterocycles. The minimum absolute atomic E-state index is 0.279. The second kappa shape index (κ2) is 5.30. The number of pyridine rings is 1. The summed E-state index contributed by atoms with van der Waals surface area (Å²) in [6.07, 6.45) is 4.56. The van der Waals surface area contributed by atoms with Crippen molar-refractivity contribution in [1.29, 1.82) is 0 Å². The van der Waals surface area contributed by atoms with Crippen LogP contribution in [0.2, 0.25) is 5.02 Å². The van der Waals surface area contributed by atoms with Crippen molar-refractivity contribution in [3.05, 3.63) is 50.9 Å². The van der Waals surface area contributed by atoms with E-state index in [0.29, 0.717) is 0 Å². The number of hydrogen-bond acceptors (Lipinski definition) is 2. The molecule has 2 aromatic heterocycles. The van der Waals surface area contributed by atoms with Crippen LogP contribution in [0.4, 0.5) is 0 Å². The molecule has 0 bridgehead atoms. The lowest BCUT2D eigenvalue weighted by molar-refractivity contribution is 0.963. The van der Waals surface area contributed by atoms with Crippen LogP contribution in [0.5, 0.6) is 0 Å². The van der Waals surface area contributed by atoms with Gasteiger partial charge in [-0.25, -0.2) is 0 Å². The van der Waals surface area contributed by atoms with Crippen LogP contribution in [0.3, 0.4) is 0 Å². The van der Waals surface area contributed by atoms with Gasteiger partial charge in [-0.2, -0.15) is 0 Å². The van der Waals surface area contributed by atoms with Crippen LogP contribution in [0.15, 0.2) is 29.9 Å². The molecule has 0 saturated heterocycles. The van der Waals surface area contributed by atoms with Crippen molar-refractivity contribution in [3.8, 4) is 0 Å². The van der Waals surface area contributed by atoms with Gasteiger partial charge >= 0.3 is 0 Å². The maximum absolute atomic E-state index is 6.24. The van der Waals surface area contributed by atoms with E-state index in [2.05, 4.69) is 26.3 Å². The zero-order chi connectivity index (χ0) is 11.5. The highest BCUT2D eigenvalue weighted by Gasteiger charge is 2.15. The molecule has 84 valence electrons. The Bertz CT molecular complexity index is 469. The van der Waals surface area contributed by atoms with Crippen molar-refractivity contribution >= 4 is 38.9 Å². The van der Waals surface area contributed by atoms with E-state index in [1.54, 1.807) is 11.3 Å². The summed E-state index contributed by atoms with van der Waals surface area (Å²) in [5.74, 6) is 0. The van der Waals surface area contributed by atoms with Gasteiger partial charge < -0.3 is 0 Å². The molecular weight excluding hydrogens is 306 g/mol. The molecule has 0 fully saturated rings. The number of aryl methyl sites for hydroxylation is 1. The van der Waals surface area contributed by atoms with Gasteiger partial charge in [0.25, 0.3) is 0 Å². The third-order valence-electron chi connectivity index (χ3n) is 2.37. The summed E-state index contributed by atoms with van der Waals surface area (Å²) in [4.78, 5) is 5.49. The van der Waals surface area contributed by atoms with Gasteiger partial charge in [0.15, 0.2) is 0 Å². The van der Waals surface area contributed by atoms with Crippen molar-refractivity contribution in [2.45, 2.75) is 18.2 Å². The Balaban J connectivity index is 2.15. The van der Waals surface area contributed by atoms with Crippen molar-refractivity contribution < 1.29 is 0 Å². The minimum atomic E-state index is 0.279. The predicted molar refractivity (Wildman–Crippen MR) is 73.7 cm³/mol. The molecule has 2 aromatic rings. The van der Waals surface area contributed by atoms with Gasteiger partial charge in [0.05, 0.1) is 9.85 Å². The second-order valence-electron chi connectivity index (χ2n) is 3.62. The average Bonchev–Trinajstić information content (AvgIpc) is 2.61. The molecule has 1 atom stereocenters. The Morgan fingerprint density at radius 3 is 2.69 bits per heavy atom. The maximum Gasteiger partial charge on any atom is 0.0585 e. The van der Waals surface area contributed by atoms with Crippen LogP contribution < -0.4 is 0 Å². The van der Waals surface area contributed by atoms with E-state index in [4.69, 9.17) is 11.6 Å². The highest BCUT2D eigenvalue weighted by molar-refractivity contribution is 9.09. The Morgan fingerprint density at radius 1 is 1.44 bits per heavy atom. The quantitative estimate of drug-likeness (QED) is 0.742. The zero-order valence-electron chi connectivity index (χ0n) is 8.78. The SMILES string of the molecule is Cc1csc(C(Br)Cc2ccncc2)c1Cl. The molecule has 0 aliphatic heterocycles. The molecule has 16 heavy (non-hydrogen) atoms. The van der Waals surface area contributed by atoms with Crippen molar-refractivity contribution in [2.75, 3.05) is 0 Å². The zero-order valence-corrected chi connectivity index (χ0v) is 11.9. The van der Waals surface area contributed by atoms with E-state index in [1.165, 1.54) is 10.4 Å². The van der Waals surface area contributed by atoms with Crippen molar-refractivity contribution in [3.63, 3.8) is 0 Å². The van der Waals surface area contributed by atoms with Crippen LogP contribution in [0.25, 0.3) is 0 Å². The maximum atomic E-state index is 6.24. The van der Waals surface area contributed by atoms with Gasteiger partial charge in [-0.05, 0) is 42.0 Å².